The highest BCUT2D eigenvalue weighted by atomic mass is 32.1. The van der Waals surface area contributed by atoms with Crippen molar-refractivity contribution in [3.8, 4) is 21.8 Å². The summed E-state index contributed by atoms with van der Waals surface area (Å²) < 4.78 is 6.79. The molecule has 0 spiro atoms. The van der Waals surface area contributed by atoms with Gasteiger partial charge in [0.15, 0.2) is 0 Å². The molecular weight excluding hydrogens is 236 g/mol. The summed E-state index contributed by atoms with van der Waals surface area (Å²) in [6, 6.07) is 5.84. The summed E-state index contributed by atoms with van der Waals surface area (Å²) in [7, 11) is 1.86. The van der Waals surface area contributed by atoms with E-state index in [1.54, 1.807) is 16.0 Å². The maximum atomic E-state index is 5.82. The Bertz CT molecular complexity index is 638. The SMILES string of the molecule is Cn1ccc(-c2noc(N)c2-c2cccs2)n1. The fraction of sp³-hybridized carbons (Fsp3) is 0.0909. The average molecular weight is 246 g/mol. The Morgan fingerprint density at radius 2 is 2.29 bits per heavy atom. The number of hydrogen-bond donors (Lipinski definition) is 1. The molecule has 3 aromatic heterocycles. The van der Waals surface area contributed by atoms with Crippen LogP contribution >= 0.6 is 11.3 Å². The molecule has 0 amide bonds. The Hall–Kier alpha value is -2.08. The molecule has 5 nitrogen and oxygen atoms in total. The fourth-order valence-corrected chi connectivity index (χ4v) is 2.45. The van der Waals surface area contributed by atoms with E-state index in [0.717, 1.165) is 16.1 Å². The third-order valence-electron chi connectivity index (χ3n) is 2.44. The van der Waals surface area contributed by atoms with Crippen LogP contribution in [0.15, 0.2) is 34.3 Å². The molecule has 17 heavy (non-hydrogen) atoms. The van der Waals surface area contributed by atoms with Crippen LogP contribution in [0, 0.1) is 0 Å². The maximum Gasteiger partial charge on any atom is 0.231 e. The summed E-state index contributed by atoms with van der Waals surface area (Å²) in [5.41, 5.74) is 8.08. The van der Waals surface area contributed by atoms with Crippen molar-refractivity contribution in [2.75, 3.05) is 5.73 Å². The van der Waals surface area contributed by atoms with Crippen LogP contribution < -0.4 is 5.73 Å². The first-order valence-electron chi connectivity index (χ1n) is 5.05. The van der Waals surface area contributed by atoms with Crippen molar-refractivity contribution in [1.82, 2.24) is 14.9 Å². The van der Waals surface area contributed by atoms with E-state index < -0.39 is 0 Å². The first kappa shape index (κ1) is 10.1. The van der Waals surface area contributed by atoms with Crippen molar-refractivity contribution in [2.45, 2.75) is 0 Å². The zero-order valence-electron chi connectivity index (χ0n) is 9.12. The molecule has 3 rings (SSSR count). The van der Waals surface area contributed by atoms with Crippen LogP contribution in [0.2, 0.25) is 0 Å². The number of nitrogens with zero attached hydrogens (tertiary/aromatic N) is 3. The second kappa shape index (κ2) is 3.74. The van der Waals surface area contributed by atoms with Crippen molar-refractivity contribution < 1.29 is 4.52 Å². The summed E-state index contributed by atoms with van der Waals surface area (Å²) in [6.45, 7) is 0. The Morgan fingerprint density at radius 3 is 2.94 bits per heavy atom. The molecule has 0 saturated heterocycles. The summed E-state index contributed by atoms with van der Waals surface area (Å²) in [6.07, 6.45) is 1.86. The van der Waals surface area contributed by atoms with E-state index in [9.17, 15) is 0 Å². The number of aryl methyl sites for hydroxylation is 1. The monoisotopic (exact) mass is 246 g/mol. The van der Waals surface area contributed by atoms with E-state index in [0.29, 0.717) is 11.6 Å². The fourth-order valence-electron chi connectivity index (χ4n) is 1.68. The molecule has 2 N–H and O–H groups in total. The van der Waals surface area contributed by atoms with Gasteiger partial charge in [-0.05, 0) is 17.5 Å². The van der Waals surface area contributed by atoms with Crippen molar-refractivity contribution >= 4 is 17.2 Å². The van der Waals surface area contributed by atoms with Gasteiger partial charge >= 0.3 is 0 Å². The Balaban J connectivity index is 2.19. The zero-order valence-corrected chi connectivity index (χ0v) is 9.94. The topological polar surface area (TPSA) is 69.9 Å². The zero-order chi connectivity index (χ0) is 11.8. The molecule has 86 valence electrons. The first-order valence-corrected chi connectivity index (χ1v) is 5.92. The molecule has 0 saturated carbocycles. The predicted molar refractivity (Wildman–Crippen MR) is 66.4 cm³/mol. The van der Waals surface area contributed by atoms with E-state index in [2.05, 4.69) is 10.3 Å². The maximum absolute atomic E-state index is 5.82. The molecule has 3 heterocycles. The molecule has 0 unspecified atom stereocenters. The summed E-state index contributed by atoms with van der Waals surface area (Å²) in [4.78, 5) is 1.03. The Morgan fingerprint density at radius 1 is 1.41 bits per heavy atom. The van der Waals surface area contributed by atoms with Gasteiger partial charge in [-0.25, -0.2) is 0 Å². The second-order valence-corrected chi connectivity index (χ2v) is 4.57. The molecule has 0 fully saturated rings. The van der Waals surface area contributed by atoms with Gasteiger partial charge in [0, 0.05) is 18.1 Å². The molecule has 3 aromatic rings. The number of nitrogen functional groups attached to an aromatic ring is 1. The largest absolute Gasteiger partial charge is 0.367 e. The van der Waals surface area contributed by atoms with Gasteiger partial charge in [-0.2, -0.15) is 5.10 Å². The molecule has 0 aliphatic heterocycles. The van der Waals surface area contributed by atoms with Crippen LogP contribution in [0.25, 0.3) is 21.8 Å². The number of rotatable bonds is 2. The van der Waals surface area contributed by atoms with Crippen LogP contribution in [-0.2, 0) is 7.05 Å². The van der Waals surface area contributed by atoms with E-state index >= 15 is 0 Å². The highest BCUT2D eigenvalue weighted by Gasteiger charge is 2.19. The molecule has 0 atom stereocenters. The summed E-state index contributed by atoms with van der Waals surface area (Å²) >= 11 is 1.60. The lowest BCUT2D eigenvalue weighted by Gasteiger charge is -1.95. The van der Waals surface area contributed by atoms with E-state index in [-0.39, 0.29) is 0 Å². The van der Waals surface area contributed by atoms with Crippen molar-refractivity contribution in [2.24, 2.45) is 7.05 Å². The summed E-state index contributed by atoms with van der Waals surface area (Å²) in [5.74, 6) is 0.327. The minimum absolute atomic E-state index is 0.327. The van der Waals surface area contributed by atoms with Crippen LogP contribution in [-0.4, -0.2) is 14.9 Å². The number of anilines is 1. The highest BCUT2D eigenvalue weighted by Crippen LogP contribution is 2.37. The lowest BCUT2D eigenvalue weighted by molar-refractivity contribution is 0.439. The number of hydrogen-bond acceptors (Lipinski definition) is 5. The average Bonchev–Trinajstić information content (AvgIpc) is 2.97. The van der Waals surface area contributed by atoms with Gasteiger partial charge in [0.1, 0.15) is 11.4 Å². The number of aromatic nitrogens is 3. The predicted octanol–water partition coefficient (Wildman–Crippen LogP) is 2.39. The Labute approximate surface area is 101 Å². The van der Waals surface area contributed by atoms with Gasteiger partial charge in [-0.15, -0.1) is 11.3 Å². The molecular formula is C11H10N4OS. The lowest BCUT2D eigenvalue weighted by atomic mass is 10.1. The highest BCUT2D eigenvalue weighted by molar-refractivity contribution is 7.13. The van der Waals surface area contributed by atoms with Crippen molar-refractivity contribution in [3.63, 3.8) is 0 Å². The van der Waals surface area contributed by atoms with Crippen molar-refractivity contribution in [3.05, 3.63) is 29.8 Å². The third kappa shape index (κ3) is 1.62. The molecule has 0 aliphatic rings. The second-order valence-electron chi connectivity index (χ2n) is 3.62. The van der Waals surface area contributed by atoms with Gasteiger partial charge in [0.05, 0.1) is 5.56 Å². The molecule has 0 radical (unpaired) electrons. The van der Waals surface area contributed by atoms with Crippen LogP contribution in [0.1, 0.15) is 0 Å². The molecule has 6 heteroatoms. The molecule has 0 aliphatic carbocycles. The number of thiophene rings is 1. The normalized spacial score (nSPS) is 10.9. The van der Waals surface area contributed by atoms with Crippen molar-refractivity contribution in [1.29, 1.82) is 0 Å². The van der Waals surface area contributed by atoms with E-state index in [4.69, 9.17) is 10.3 Å². The van der Waals surface area contributed by atoms with Gasteiger partial charge < -0.3 is 10.3 Å². The van der Waals surface area contributed by atoms with Crippen LogP contribution in [0.5, 0.6) is 0 Å². The van der Waals surface area contributed by atoms with Gasteiger partial charge in [0.25, 0.3) is 0 Å². The number of nitrogens with two attached hydrogens (primary N) is 1. The van der Waals surface area contributed by atoms with E-state index in [1.807, 2.05) is 36.8 Å². The van der Waals surface area contributed by atoms with Crippen LogP contribution in [0.3, 0.4) is 0 Å². The minimum atomic E-state index is 0.327. The van der Waals surface area contributed by atoms with Crippen LogP contribution in [0.4, 0.5) is 5.88 Å². The van der Waals surface area contributed by atoms with Gasteiger partial charge in [-0.3, -0.25) is 4.68 Å². The smallest absolute Gasteiger partial charge is 0.231 e. The molecule has 0 aromatic carbocycles. The summed E-state index contributed by atoms with van der Waals surface area (Å²) in [5, 5.41) is 10.3. The van der Waals surface area contributed by atoms with Gasteiger partial charge in [0.2, 0.25) is 5.88 Å². The van der Waals surface area contributed by atoms with E-state index in [1.165, 1.54) is 0 Å². The van der Waals surface area contributed by atoms with Gasteiger partial charge in [-0.1, -0.05) is 11.2 Å². The first-order chi connectivity index (χ1) is 8.25. The minimum Gasteiger partial charge on any atom is -0.367 e. The molecule has 0 bridgehead atoms. The third-order valence-corrected chi connectivity index (χ3v) is 3.33. The Kier molecular flexibility index (Phi) is 2.22. The lowest BCUT2D eigenvalue weighted by Crippen LogP contribution is -1.89. The standard InChI is InChI=1S/C11H10N4OS/c1-15-5-4-7(13-15)10-9(11(12)16-14-10)8-3-2-6-17-8/h2-6H,12H2,1H3. The quantitative estimate of drug-likeness (QED) is 0.753.